The summed E-state index contributed by atoms with van der Waals surface area (Å²) in [6.07, 6.45) is 3.60. The van der Waals surface area contributed by atoms with Gasteiger partial charge < -0.3 is 45.0 Å². The third kappa shape index (κ3) is 11.2. The summed E-state index contributed by atoms with van der Waals surface area (Å²) in [6.45, 7) is 5.37. The number of aliphatic hydroxyl groups is 1. The highest BCUT2D eigenvalue weighted by atomic mass is 19.4. The number of hydrogen-bond acceptors (Lipinski definition) is 12. The van der Waals surface area contributed by atoms with Gasteiger partial charge in [0, 0.05) is 97.7 Å². The second-order valence-electron chi connectivity index (χ2n) is 16.4. The van der Waals surface area contributed by atoms with E-state index in [0.717, 1.165) is 82.2 Å². The topological polar surface area (TPSA) is 182 Å². The molecule has 1 unspecified atom stereocenters. The first kappa shape index (κ1) is 44.9. The second kappa shape index (κ2) is 20.9. The van der Waals surface area contributed by atoms with E-state index in [1.807, 2.05) is 28.8 Å². The first-order chi connectivity index (χ1) is 31.1. The molecule has 0 spiro atoms. The number of aliphatic hydroxyl groups excluding tert-OH is 1. The number of hydrogen-bond donors (Lipinski definition) is 6. The third-order valence-corrected chi connectivity index (χ3v) is 11.8. The molecule has 4 aromatic heterocycles. The molecule has 18 heteroatoms. The van der Waals surface area contributed by atoms with E-state index in [1.165, 1.54) is 0 Å². The zero-order valence-corrected chi connectivity index (χ0v) is 35.6. The molecule has 1 aliphatic heterocycles. The van der Waals surface area contributed by atoms with Crippen molar-refractivity contribution in [2.75, 3.05) is 69.8 Å². The van der Waals surface area contributed by atoms with Crippen molar-refractivity contribution in [1.29, 1.82) is 0 Å². The Hall–Kier alpha value is -5.66. The van der Waals surface area contributed by atoms with E-state index in [-0.39, 0.29) is 36.5 Å². The highest BCUT2D eigenvalue weighted by Crippen LogP contribution is 2.38. The number of carbonyl (C=O) groups is 2. The minimum Gasteiger partial charge on any atom is -0.393 e. The second-order valence-corrected chi connectivity index (χ2v) is 16.4. The van der Waals surface area contributed by atoms with Gasteiger partial charge >= 0.3 is 6.18 Å². The lowest BCUT2D eigenvalue weighted by atomic mass is 9.93. The number of piperidine rings is 1. The predicted octanol–water partition coefficient (Wildman–Crippen LogP) is 6.24. The molecule has 2 aromatic carbocycles. The van der Waals surface area contributed by atoms with Crippen molar-refractivity contribution in [3.63, 3.8) is 0 Å². The molecule has 340 valence electrons. The van der Waals surface area contributed by atoms with Gasteiger partial charge in [-0.25, -0.2) is 9.97 Å². The fourth-order valence-corrected chi connectivity index (χ4v) is 8.57. The van der Waals surface area contributed by atoms with Crippen LogP contribution >= 0.6 is 0 Å². The fraction of sp³-hybridized carbons (Fsp3) is 0.457. The van der Waals surface area contributed by atoms with E-state index < -0.39 is 18.6 Å². The summed E-state index contributed by atoms with van der Waals surface area (Å²) in [5.41, 5.74) is 6.30. The molecule has 6 N–H and O–H groups in total. The number of alkyl halides is 3. The third-order valence-electron chi connectivity index (χ3n) is 11.8. The number of ether oxygens (including phenoxy) is 2. The van der Waals surface area contributed by atoms with E-state index in [1.54, 1.807) is 12.4 Å². The van der Waals surface area contributed by atoms with Crippen molar-refractivity contribution in [3.8, 4) is 11.1 Å². The van der Waals surface area contributed by atoms with Gasteiger partial charge in [-0.15, -0.1) is 0 Å². The van der Waals surface area contributed by atoms with E-state index in [4.69, 9.17) is 9.47 Å². The summed E-state index contributed by atoms with van der Waals surface area (Å²) < 4.78 is 53.8. The maximum Gasteiger partial charge on any atom is 0.390 e. The monoisotopic (exact) mass is 884 g/mol. The van der Waals surface area contributed by atoms with Gasteiger partial charge in [0.1, 0.15) is 17.3 Å². The van der Waals surface area contributed by atoms with Crippen LogP contribution in [-0.4, -0.2) is 112 Å². The molecule has 1 saturated heterocycles. The van der Waals surface area contributed by atoms with Crippen LogP contribution in [0, 0.1) is 0 Å². The van der Waals surface area contributed by atoms with Gasteiger partial charge in [0.05, 0.1) is 44.5 Å². The molecule has 2 amide bonds. The van der Waals surface area contributed by atoms with Gasteiger partial charge in [-0.3, -0.25) is 14.9 Å². The largest absolute Gasteiger partial charge is 0.393 e. The summed E-state index contributed by atoms with van der Waals surface area (Å²) in [5.74, 6) is -0.385. The predicted molar refractivity (Wildman–Crippen MR) is 239 cm³/mol. The molecule has 2 aliphatic rings. The van der Waals surface area contributed by atoms with Crippen molar-refractivity contribution < 1.29 is 37.3 Å². The number of aromatic nitrogens is 5. The van der Waals surface area contributed by atoms with E-state index >= 15 is 0 Å². The lowest BCUT2D eigenvalue weighted by molar-refractivity contribution is -0.135. The van der Waals surface area contributed by atoms with E-state index in [2.05, 4.69) is 82.6 Å². The number of amides is 2. The zero-order chi connectivity index (χ0) is 44.5. The van der Waals surface area contributed by atoms with Gasteiger partial charge in [-0.05, 0) is 73.6 Å². The molecule has 1 aliphatic carbocycles. The Bertz CT molecular complexity index is 2520. The standard InChI is InChI=1S/C46H55F3N10O5/c47-46(48,49)15-17-54-45-55-28-37-38(29-58(43(37)57-45)33-8-10-34(60)11-9-33)31-5-3-30(4-6-31)27-51-19-18-50-20-22-63-24-25-64-23-21-52-32-7-12-39-36(26-32)35-2-1-16-53-42(35)59(39)40-13-14-41(61)56-44(40)62/h1-7,12,16,26,28-29,33-34,40,50-52,60H,8-11,13-15,17-25,27H2,(H,54,55,57)(H,56,61,62). The SMILES string of the molecule is O=C1CCC(n2c3ccc(NCCOCCOCCNCCNCc4ccc(-c5cn(C6CCC(O)CC6)c6nc(NCCC(F)(F)F)ncc56)cc4)cc3c3cccnc32)C(=O)N1. The average Bonchev–Trinajstić information content (AvgIpc) is 3.82. The normalized spacial score (nSPS) is 18.3. The lowest BCUT2D eigenvalue weighted by Crippen LogP contribution is -2.41. The van der Waals surface area contributed by atoms with Crippen LogP contribution < -0.4 is 26.6 Å². The van der Waals surface area contributed by atoms with Crippen LogP contribution in [0.2, 0.25) is 0 Å². The Balaban J connectivity index is 0.712. The number of halogens is 3. The molecule has 8 rings (SSSR count). The van der Waals surface area contributed by atoms with Gasteiger partial charge in [-0.2, -0.15) is 18.2 Å². The van der Waals surface area contributed by atoms with Gasteiger partial charge in [0.2, 0.25) is 17.8 Å². The van der Waals surface area contributed by atoms with Crippen molar-refractivity contribution in [1.82, 2.24) is 40.0 Å². The highest BCUT2D eigenvalue weighted by Gasteiger charge is 2.31. The molecule has 15 nitrogen and oxygen atoms in total. The summed E-state index contributed by atoms with van der Waals surface area (Å²) >= 11 is 0. The Morgan fingerprint density at radius 1 is 0.797 bits per heavy atom. The minimum absolute atomic E-state index is 0.127. The van der Waals surface area contributed by atoms with E-state index in [0.29, 0.717) is 70.8 Å². The van der Waals surface area contributed by atoms with Crippen molar-refractivity contribution in [2.45, 2.75) is 75.9 Å². The highest BCUT2D eigenvalue weighted by molar-refractivity contribution is 6.09. The average molecular weight is 885 g/mol. The maximum atomic E-state index is 12.8. The number of imide groups is 1. The number of pyridine rings is 1. The molecule has 2 fully saturated rings. The van der Waals surface area contributed by atoms with Crippen molar-refractivity contribution >= 4 is 56.4 Å². The van der Waals surface area contributed by atoms with Crippen LogP contribution in [0.25, 0.3) is 44.1 Å². The van der Waals surface area contributed by atoms with Gasteiger partial charge in [0.15, 0.2) is 0 Å². The zero-order valence-electron chi connectivity index (χ0n) is 35.6. The summed E-state index contributed by atoms with van der Waals surface area (Å²) in [5, 5.41) is 28.3. The lowest BCUT2D eigenvalue weighted by Gasteiger charge is -2.27. The quantitative estimate of drug-likeness (QED) is 0.0354. The molecular formula is C46H55F3N10O5. The smallest absolute Gasteiger partial charge is 0.390 e. The summed E-state index contributed by atoms with van der Waals surface area (Å²) in [7, 11) is 0. The molecule has 64 heavy (non-hydrogen) atoms. The number of rotatable bonds is 21. The Labute approximate surface area is 368 Å². The number of benzene rings is 2. The Morgan fingerprint density at radius 2 is 1.58 bits per heavy atom. The van der Waals surface area contributed by atoms with Crippen LogP contribution in [0.4, 0.5) is 24.8 Å². The molecule has 0 bridgehead atoms. The number of anilines is 2. The van der Waals surface area contributed by atoms with Crippen LogP contribution in [0.5, 0.6) is 0 Å². The molecule has 0 radical (unpaired) electrons. The van der Waals surface area contributed by atoms with E-state index in [9.17, 15) is 27.9 Å². The Morgan fingerprint density at radius 3 is 2.36 bits per heavy atom. The number of nitrogens with one attached hydrogen (secondary N) is 5. The first-order valence-electron chi connectivity index (χ1n) is 22.1. The van der Waals surface area contributed by atoms with Gasteiger partial charge in [-0.1, -0.05) is 24.3 Å². The molecule has 1 saturated carbocycles. The number of carbonyl (C=O) groups excluding carboxylic acids is 2. The molecule has 6 aromatic rings. The van der Waals surface area contributed by atoms with Crippen LogP contribution in [0.15, 0.2) is 73.2 Å². The Kier molecular flexibility index (Phi) is 14.7. The maximum absolute atomic E-state index is 12.8. The summed E-state index contributed by atoms with van der Waals surface area (Å²) in [6, 6.07) is 17.8. The minimum atomic E-state index is -4.27. The van der Waals surface area contributed by atoms with Crippen LogP contribution in [-0.2, 0) is 25.6 Å². The number of fused-ring (bicyclic) bond motifs is 4. The molecule has 5 heterocycles. The van der Waals surface area contributed by atoms with Crippen molar-refractivity contribution in [2.24, 2.45) is 0 Å². The molecular weight excluding hydrogens is 830 g/mol. The molecule has 1 atom stereocenters. The van der Waals surface area contributed by atoms with Crippen LogP contribution in [0.3, 0.4) is 0 Å². The van der Waals surface area contributed by atoms with Crippen molar-refractivity contribution in [3.05, 3.63) is 78.8 Å². The first-order valence-corrected chi connectivity index (χ1v) is 22.1. The number of nitrogens with zero attached hydrogens (tertiary/aromatic N) is 5. The van der Waals surface area contributed by atoms with Crippen LogP contribution in [0.1, 0.15) is 62.6 Å². The van der Waals surface area contributed by atoms with Gasteiger partial charge in [0.25, 0.3) is 0 Å². The fourth-order valence-electron chi connectivity index (χ4n) is 8.57. The summed E-state index contributed by atoms with van der Waals surface area (Å²) in [4.78, 5) is 38.1.